The Kier molecular flexibility index (Phi) is 6.28. The molecule has 74 valence electrons. The van der Waals surface area contributed by atoms with Crippen molar-refractivity contribution in [3.63, 3.8) is 0 Å². The van der Waals surface area contributed by atoms with Crippen LogP contribution in [0, 0.1) is 0 Å². The second-order valence-corrected chi connectivity index (χ2v) is 4.67. The molecule has 0 saturated heterocycles. The number of aryl methyl sites for hydroxylation is 1. The van der Waals surface area contributed by atoms with E-state index in [9.17, 15) is 8.42 Å². The van der Waals surface area contributed by atoms with E-state index >= 15 is 0 Å². The molecule has 0 unspecified atom stereocenters. The van der Waals surface area contributed by atoms with Crippen molar-refractivity contribution in [2.24, 2.45) is 0 Å². The summed E-state index contributed by atoms with van der Waals surface area (Å²) >= 11 is 5.63. The molecule has 6 heteroatoms. The van der Waals surface area contributed by atoms with Crippen LogP contribution in [0.15, 0.2) is 24.3 Å². The van der Waals surface area contributed by atoms with Gasteiger partial charge in [0.1, 0.15) is 0 Å². The Morgan fingerprint density at radius 3 is 2.21 bits per heavy atom. The van der Waals surface area contributed by atoms with E-state index < -0.39 is 10.1 Å². The van der Waals surface area contributed by atoms with Crippen LogP contribution in [0.5, 0.6) is 0 Å². The molecule has 0 aromatic heterocycles. The van der Waals surface area contributed by atoms with Crippen LogP contribution >= 0.6 is 11.6 Å². The summed E-state index contributed by atoms with van der Waals surface area (Å²) in [5.74, 6) is -0.255. The van der Waals surface area contributed by atoms with Crippen molar-refractivity contribution in [2.45, 2.75) is 6.42 Å². The molecular weight excluding hydrogens is 235 g/mol. The predicted octanol–water partition coefficient (Wildman–Crippen LogP) is -1.11. The minimum atomic E-state index is -3.87. The monoisotopic (exact) mass is 244 g/mol. The predicted molar refractivity (Wildman–Crippen MR) is 52.7 cm³/mol. The van der Waals surface area contributed by atoms with Gasteiger partial charge in [-0.2, -0.15) is 8.42 Å². The van der Waals surface area contributed by atoms with E-state index in [1.54, 1.807) is 24.3 Å². The Bertz CT molecular complexity index is 379. The minimum Gasteiger partial charge on any atom is -1.00 e. The standard InChI is InChI=1S/C8H9ClO3S.Na.H/c9-8-3-1-7(2-4-8)5-6-13(10,11)12;;/h1-4H,5-6H2,(H,10,11,12);;/q;+1;-1. The SMILES string of the molecule is O=S(=O)(O)CCc1ccc(Cl)cc1.[H-].[Na+]. The zero-order chi connectivity index (χ0) is 9.90. The minimum absolute atomic E-state index is 0. The summed E-state index contributed by atoms with van der Waals surface area (Å²) in [7, 11) is -3.87. The van der Waals surface area contributed by atoms with E-state index in [0.717, 1.165) is 5.56 Å². The van der Waals surface area contributed by atoms with E-state index in [4.69, 9.17) is 16.2 Å². The summed E-state index contributed by atoms with van der Waals surface area (Å²) in [6.45, 7) is 0. The maximum absolute atomic E-state index is 10.4. The van der Waals surface area contributed by atoms with Crippen molar-refractivity contribution in [3.05, 3.63) is 34.9 Å². The first kappa shape index (κ1) is 14.4. The first-order valence-corrected chi connectivity index (χ1v) is 5.66. The van der Waals surface area contributed by atoms with Crippen LogP contribution < -0.4 is 29.6 Å². The topological polar surface area (TPSA) is 54.4 Å². The molecular formula is C8H10ClNaO3S. The largest absolute Gasteiger partial charge is 1.00 e. The third-order valence-electron chi connectivity index (χ3n) is 1.56. The van der Waals surface area contributed by atoms with Gasteiger partial charge in [-0.3, -0.25) is 4.55 Å². The van der Waals surface area contributed by atoms with E-state index in [0.29, 0.717) is 11.4 Å². The van der Waals surface area contributed by atoms with E-state index in [2.05, 4.69) is 0 Å². The molecule has 0 spiro atoms. The van der Waals surface area contributed by atoms with Gasteiger partial charge in [-0.1, -0.05) is 23.7 Å². The molecule has 0 radical (unpaired) electrons. The van der Waals surface area contributed by atoms with Crippen LogP contribution in [0.4, 0.5) is 0 Å². The van der Waals surface area contributed by atoms with Gasteiger partial charge in [0, 0.05) is 5.02 Å². The molecule has 3 nitrogen and oxygen atoms in total. The molecule has 0 bridgehead atoms. The molecule has 0 atom stereocenters. The Morgan fingerprint density at radius 1 is 1.29 bits per heavy atom. The van der Waals surface area contributed by atoms with Gasteiger partial charge in [-0.15, -0.1) is 0 Å². The van der Waals surface area contributed by atoms with Crippen molar-refractivity contribution < 1.29 is 44.0 Å². The average molecular weight is 245 g/mol. The molecule has 0 aliphatic heterocycles. The first-order chi connectivity index (χ1) is 5.97. The molecule has 0 amide bonds. The third kappa shape index (κ3) is 6.01. The van der Waals surface area contributed by atoms with E-state index in [1.807, 2.05) is 0 Å². The Hall–Kier alpha value is 0.420. The van der Waals surface area contributed by atoms with Gasteiger partial charge in [0.2, 0.25) is 0 Å². The smallest absolute Gasteiger partial charge is 1.00 e. The van der Waals surface area contributed by atoms with Gasteiger partial charge in [-0.25, -0.2) is 0 Å². The normalized spacial score (nSPS) is 10.7. The number of benzene rings is 1. The molecule has 1 aromatic rings. The van der Waals surface area contributed by atoms with Gasteiger partial charge in [0.25, 0.3) is 10.1 Å². The van der Waals surface area contributed by atoms with Crippen LogP contribution in [0.25, 0.3) is 0 Å². The zero-order valence-corrected chi connectivity index (χ0v) is 11.3. The van der Waals surface area contributed by atoms with Crippen molar-refractivity contribution in [1.29, 1.82) is 0 Å². The maximum atomic E-state index is 10.4. The quantitative estimate of drug-likeness (QED) is 0.542. The van der Waals surface area contributed by atoms with Crippen molar-refractivity contribution in [2.75, 3.05) is 5.75 Å². The second kappa shape index (κ2) is 6.10. The van der Waals surface area contributed by atoms with Crippen LogP contribution in [0.3, 0.4) is 0 Å². The molecule has 0 heterocycles. The molecule has 0 aliphatic carbocycles. The third-order valence-corrected chi connectivity index (χ3v) is 2.53. The summed E-state index contributed by atoms with van der Waals surface area (Å²) in [6, 6.07) is 6.82. The number of halogens is 1. The van der Waals surface area contributed by atoms with Gasteiger partial charge >= 0.3 is 29.6 Å². The van der Waals surface area contributed by atoms with Crippen LogP contribution in [0.1, 0.15) is 6.99 Å². The summed E-state index contributed by atoms with van der Waals surface area (Å²) in [4.78, 5) is 0. The molecule has 0 saturated carbocycles. The van der Waals surface area contributed by atoms with Crippen LogP contribution in [-0.2, 0) is 16.5 Å². The van der Waals surface area contributed by atoms with Gasteiger partial charge in [-0.05, 0) is 24.1 Å². The Balaban J connectivity index is 0. The van der Waals surface area contributed by atoms with Gasteiger partial charge in [0.15, 0.2) is 0 Å². The zero-order valence-electron chi connectivity index (χ0n) is 8.77. The fourth-order valence-corrected chi connectivity index (χ4v) is 1.52. The number of hydrogen-bond donors (Lipinski definition) is 1. The Morgan fingerprint density at radius 2 is 1.79 bits per heavy atom. The summed E-state index contributed by atoms with van der Waals surface area (Å²) in [5.41, 5.74) is 0.835. The summed E-state index contributed by atoms with van der Waals surface area (Å²) < 4.78 is 29.3. The molecule has 0 fully saturated rings. The van der Waals surface area contributed by atoms with E-state index in [1.165, 1.54) is 0 Å². The van der Waals surface area contributed by atoms with Crippen LogP contribution in [0.2, 0.25) is 5.02 Å². The molecule has 14 heavy (non-hydrogen) atoms. The first-order valence-electron chi connectivity index (χ1n) is 3.67. The van der Waals surface area contributed by atoms with Crippen molar-refractivity contribution in [1.82, 2.24) is 0 Å². The summed E-state index contributed by atoms with van der Waals surface area (Å²) in [5, 5.41) is 0.607. The van der Waals surface area contributed by atoms with E-state index in [-0.39, 0.29) is 36.7 Å². The number of rotatable bonds is 3. The van der Waals surface area contributed by atoms with Crippen LogP contribution in [-0.4, -0.2) is 18.7 Å². The molecule has 0 aliphatic rings. The Labute approximate surface area is 112 Å². The fourth-order valence-electron chi connectivity index (χ4n) is 0.898. The van der Waals surface area contributed by atoms with Crippen molar-refractivity contribution in [3.8, 4) is 0 Å². The van der Waals surface area contributed by atoms with Gasteiger partial charge in [0.05, 0.1) is 5.75 Å². The van der Waals surface area contributed by atoms with Crippen molar-refractivity contribution >= 4 is 21.7 Å². The molecule has 1 N–H and O–H groups in total. The summed E-state index contributed by atoms with van der Waals surface area (Å²) in [6.07, 6.45) is 0.302. The molecule has 1 rings (SSSR count). The van der Waals surface area contributed by atoms with Gasteiger partial charge < -0.3 is 1.43 Å². The maximum Gasteiger partial charge on any atom is 1.00 e. The average Bonchev–Trinajstić information content (AvgIpc) is 2.02. The fraction of sp³-hybridized carbons (Fsp3) is 0.250. The number of hydrogen-bond acceptors (Lipinski definition) is 2. The second-order valence-electron chi connectivity index (χ2n) is 2.66. The molecule has 1 aromatic carbocycles.